The van der Waals surface area contributed by atoms with Crippen molar-refractivity contribution >= 4 is 45.2 Å². The number of nitrogens with one attached hydrogen (secondary N) is 2. The molecule has 0 atom stereocenters. The molecular weight excluding hydrogens is 494 g/mol. The van der Waals surface area contributed by atoms with Gasteiger partial charge in [-0.05, 0) is 80.8 Å². The molecule has 0 spiro atoms. The Morgan fingerprint density at radius 1 is 0.718 bits per heavy atom. The summed E-state index contributed by atoms with van der Waals surface area (Å²) in [6.07, 6.45) is 4.08. The number of ketones is 2. The van der Waals surface area contributed by atoms with Gasteiger partial charge in [0.05, 0.1) is 0 Å². The maximum Gasteiger partial charge on any atom is 0.274 e. The van der Waals surface area contributed by atoms with Gasteiger partial charge in [0.2, 0.25) is 5.91 Å². The van der Waals surface area contributed by atoms with E-state index in [0.29, 0.717) is 29.7 Å². The summed E-state index contributed by atoms with van der Waals surface area (Å²) in [5.41, 5.74) is 6.19. The van der Waals surface area contributed by atoms with Gasteiger partial charge in [0.1, 0.15) is 0 Å². The van der Waals surface area contributed by atoms with E-state index in [2.05, 4.69) is 9.88 Å². The van der Waals surface area contributed by atoms with Crippen molar-refractivity contribution in [1.29, 1.82) is 0 Å². The van der Waals surface area contributed by atoms with Crippen molar-refractivity contribution < 1.29 is 24.4 Å². The molecule has 0 saturated carbocycles. The number of fused-ring (bicyclic) bond motifs is 3. The molecule has 0 saturated heterocycles. The van der Waals surface area contributed by atoms with Crippen LogP contribution in [0.5, 0.6) is 0 Å². The Balaban J connectivity index is 1.29. The molecule has 39 heavy (non-hydrogen) atoms. The monoisotopic (exact) mass is 527 g/mol. The molecule has 0 unspecified atom stereocenters. The van der Waals surface area contributed by atoms with Crippen LogP contribution in [-0.4, -0.2) is 33.2 Å². The largest absolute Gasteiger partial charge is 0.352 e. The summed E-state index contributed by atoms with van der Waals surface area (Å²) in [5, 5.41) is 13.5. The number of aromatic nitrogens is 1. The van der Waals surface area contributed by atoms with Gasteiger partial charge in [-0.2, -0.15) is 0 Å². The van der Waals surface area contributed by atoms with Gasteiger partial charge in [0.25, 0.3) is 5.91 Å². The summed E-state index contributed by atoms with van der Waals surface area (Å²) in [6, 6.07) is 18.2. The van der Waals surface area contributed by atoms with E-state index >= 15 is 0 Å². The van der Waals surface area contributed by atoms with Crippen molar-refractivity contribution in [3.8, 4) is 0 Å². The van der Waals surface area contributed by atoms with E-state index in [1.807, 2.05) is 36.4 Å². The summed E-state index contributed by atoms with van der Waals surface area (Å²) in [5.74, 6) is -0.575. The van der Waals surface area contributed by atoms with Crippen molar-refractivity contribution in [1.82, 2.24) is 15.4 Å². The Kier molecular flexibility index (Phi) is 8.88. The minimum Gasteiger partial charge on any atom is -0.352 e. The second kappa shape index (κ2) is 12.5. The number of aryl methyl sites for hydroxylation is 1. The second-order valence-corrected chi connectivity index (χ2v) is 9.81. The first-order valence-corrected chi connectivity index (χ1v) is 13.2. The number of benzene rings is 3. The zero-order chi connectivity index (χ0) is 27.9. The van der Waals surface area contributed by atoms with Gasteiger partial charge in [-0.15, -0.1) is 0 Å². The normalized spacial score (nSPS) is 11.1. The molecule has 1 heterocycles. The van der Waals surface area contributed by atoms with Crippen LogP contribution >= 0.6 is 0 Å². The molecule has 0 aliphatic heterocycles. The molecule has 8 nitrogen and oxygen atoms in total. The first kappa shape index (κ1) is 27.7. The number of rotatable bonds is 12. The van der Waals surface area contributed by atoms with Crippen LogP contribution < -0.4 is 10.8 Å². The van der Waals surface area contributed by atoms with E-state index in [4.69, 9.17) is 5.21 Å². The van der Waals surface area contributed by atoms with E-state index in [9.17, 15) is 19.2 Å². The number of unbranched alkanes of at least 4 members (excludes halogenated alkanes) is 3. The van der Waals surface area contributed by atoms with Crippen LogP contribution in [0.4, 0.5) is 0 Å². The van der Waals surface area contributed by atoms with Crippen molar-refractivity contribution in [2.45, 2.75) is 59.0 Å². The van der Waals surface area contributed by atoms with Gasteiger partial charge in [-0.1, -0.05) is 25.0 Å². The molecule has 3 N–H and O–H groups in total. The maximum absolute atomic E-state index is 12.2. The molecule has 0 radical (unpaired) electrons. The van der Waals surface area contributed by atoms with Gasteiger partial charge in [0, 0.05) is 58.0 Å². The number of hydrogen-bond acceptors (Lipinski definition) is 5. The van der Waals surface area contributed by atoms with Crippen molar-refractivity contribution in [3.63, 3.8) is 0 Å². The van der Waals surface area contributed by atoms with Gasteiger partial charge >= 0.3 is 0 Å². The summed E-state index contributed by atoms with van der Waals surface area (Å²) in [6.45, 7) is 4.29. The minimum absolute atomic E-state index is 0.00885. The lowest BCUT2D eigenvalue weighted by atomic mass is 10.0. The quantitative estimate of drug-likeness (QED) is 0.0961. The molecule has 4 rings (SSSR count). The molecule has 3 aromatic carbocycles. The Morgan fingerprint density at radius 2 is 1.26 bits per heavy atom. The van der Waals surface area contributed by atoms with Gasteiger partial charge in [-0.3, -0.25) is 24.4 Å². The van der Waals surface area contributed by atoms with Crippen LogP contribution in [0.15, 0.2) is 60.7 Å². The fourth-order valence-corrected chi connectivity index (χ4v) is 4.82. The minimum atomic E-state index is -0.576. The van der Waals surface area contributed by atoms with Crippen molar-refractivity contribution in [2.24, 2.45) is 0 Å². The average Bonchev–Trinajstić information content (AvgIpc) is 3.25. The van der Waals surface area contributed by atoms with Crippen LogP contribution in [0.3, 0.4) is 0 Å². The second-order valence-electron chi connectivity index (χ2n) is 9.81. The molecule has 0 bridgehead atoms. The summed E-state index contributed by atoms with van der Waals surface area (Å²) in [4.78, 5) is 47.6. The summed E-state index contributed by atoms with van der Waals surface area (Å²) >= 11 is 0. The van der Waals surface area contributed by atoms with Crippen LogP contribution in [0.1, 0.15) is 82.6 Å². The first-order chi connectivity index (χ1) is 18.8. The number of carbonyl (C=O) groups is 4. The zero-order valence-electron chi connectivity index (χ0n) is 22.3. The number of hydrogen-bond donors (Lipinski definition) is 3. The average molecular weight is 528 g/mol. The number of carbonyl (C=O) groups excluding carboxylic acids is 4. The number of amides is 2. The lowest BCUT2D eigenvalue weighted by Gasteiger charge is -2.09. The van der Waals surface area contributed by atoms with Crippen LogP contribution in [0.2, 0.25) is 0 Å². The molecule has 2 amide bonds. The van der Waals surface area contributed by atoms with Crippen LogP contribution in [0.25, 0.3) is 21.8 Å². The van der Waals surface area contributed by atoms with Gasteiger partial charge in [0.15, 0.2) is 11.6 Å². The molecular formula is C31H33N3O5. The fraction of sp³-hybridized carbons (Fsp3) is 0.290. The molecule has 1 aromatic heterocycles. The lowest BCUT2D eigenvalue weighted by molar-refractivity contribution is -0.121. The smallest absolute Gasteiger partial charge is 0.274 e. The summed E-state index contributed by atoms with van der Waals surface area (Å²) in [7, 11) is 0. The SMILES string of the molecule is CC(=O)c1ccc2c(c1)c1cc(C(C)=O)ccc1n2CCCCCCC(=O)NCc1ccc(C(=O)NO)cc1. The lowest BCUT2D eigenvalue weighted by Crippen LogP contribution is -2.22. The molecule has 202 valence electrons. The van der Waals surface area contributed by atoms with Gasteiger partial charge in [-0.25, -0.2) is 5.48 Å². The summed E-state index contributed by atoms with van der Waals surface area (Å²) < 4.78 is 2.25. The molecule has 0 aliphatic rings. The fourth-order valence-electron chi connectivity index (χ4n) is 4.82. The number of nitrogens with zero attached hydrogens (tertiary/aromatic N) is 1. The van der Waals surface area contributed by atoms with Crippen molar-refractivity contribution in [3.05, 3.63) is 82.9 Å². The third kappa shape index (κ3) is 6.59. The number of Topliss-reactive ketones (excluding diaryl/α,β-unsaturated/α-hetero) is 2. The highest BCUT2D eigenvalue weighted by atomic mass is 16.5. The highest BCUT2D eigenvalue weighted by Gasteiger charge is 2.14. The maximum atomic E-state index is 12.2. The highest BCUT2D eigenvalue weighted by molar-refractivity contribution is 6.12. The van der Waals surface area contributed by atoms with E-state index < -0.39 is 5.91 Å². The predicted molar refractivity (Wildman–Crippen MR) is 150 cm³/mol. The molecule has 4 aromatic rings. The van der Waals surface area contributed by atoms with Crippen molar-refractivity contribution in [2.75, 3.05) is 0 Å². The Morgan fingerprint density at radius 3 is 1.79 bits per heavy atom. The topological polar surface area (TPSA) is 118 Å². The first-order valence-electron chi connectivity index (χ1n) is 13.2. The number of hydroxylamine groups is 1. The third-order valence-corrected chi connectivity index (χ3v) is 7.02. The van der Waals surface area contributed by atoms with Gasteiger partial charge < -0.3 is 9.88 Å². The molecule has 0 fully saturated rings. The third-order valence-electron chi connectivity index (χ3n) is 7.02. The van der Waals surface area contributed by atoms with E-state index in [1.54, 1.807) is 43.6 Å². The Bertz CT molecular complexity index is 1460. The van der Waals surface area contributed by atoms with E-state index in [0.717, 1.165) is 59.6 Å². The van der Waals surface area contributed by atoms with E-state index in [-0.39, 0.29) is 17.5 Å². The standard InChI is InChI=1S/C31H33N3O5/c1-20(35)24-12-14-28-26(17-24)27-18-25(21(2)36)13-15-29(27)34(28)16-6-4-3-5-7-30(37)32-19-22-8-10-23(11-9-22)31(38)33-39/h8-15,17-18,39H,3-7,16,19H2,1-2H3,(H,32,37)(H,33,38). The Hall–Kier alpha value is -4.30. The molecule has 8 heteroatoms. The Labute approximate surface area is 227 Å². The van der Waals surface area contributed by atoms with E-state index in [1.165, 1.54) is 0 Å². The van der Waals surface area contributed by atoms with Crippen LogP contribution in [0, 0.1) is 0 Å². The zero-order valence-corrected chi connectivity index (χ0v) is 22.3. The predicted octanol–water partition coefficient (Wildman–Crippen LogP) is 5.59. The molecule has 0 aliphatic carbocycles. The van der Waals surface area contributed by atoms with Crippen LogP contribution in [-0.2, 0) is 17.9 Å². The highest BCUT2D eigenvalue weighted by Crippen LogP contribution is 2.31.